The van der Waals surface area contributed by atoms with Crippen LogP contribution in [0.1, 0.15) is 59.3 Å². The maximum atomic E-state index is 10.4. The lowest BCUT2D eigenvalue weighted by Gasteiger charge is -2.36. The number of rotatable bonds is 9. The first-order chi connectivity index (χ1) is 9.21. The van der Waals surface area contributed by atoms with Crippen molar-refractivity contribution in [3.63, 3.8) is 0 Å². The van der Waals surface area contributed by atoms with Crippen LogP contribution in [0.15, 0.2) is 0 Å². The topological polar surface area (TPSA) is 32.7 Å². The SMILES string of the molecule is CCCCC(CC)CC(O)C1CN(CCC)CCO1. The Morgan fingerprint density at radius 2 is 2.05 bits per heavy atom. The average Bonchev–Trinajstić information content (AvgIpc) is 2.44. The van der Waals surface area contributed by atoms with Crippen molar-refractivity contribution < 1.29 is 9.84 Å². The molecule has 0 spiro atoms. The van der Waals surface area contributed by atoms with Gasteiger partial charge < -0.3 is 9.84 Å². The fourth-order valence-electron chi connectivity index (χ4n) is 2.96. The highest BCUT2D eigenvalue weighted by molar-refractivity contribution is 4.79. The van der Waals surface area contributed by atoms with Gasteiger partial charge in [0.25, 0.3) is 0 Å². The van der Waals surface area contributed by atoms with E-state index in [-0.39, 0.29) is 12.2 Å². The zero-order valence-corrected chi connectivity index (χ0v) is 13.1. The zero-order valence-electron chi connectivity index (χ0n) is 13.1. The third-order valence-electron chi connectivity index (χ3n) is 4.26. The molecule has 0 amide bonds. The van der Waals surface area contributed by atoms with Crippen LogP contribution in [0.3, 0.4) is 0 Å². The van der Waals surface area contributed by atoms with Gasteiger partial charge in [-0.05, 0) is 25.3 Å². The minimum Gasteiger partial charge on any atom is -0.390 e. The van der Waals surface area contributed by atoms with Crippen molar-refractivity contribution >= 4 is 0 Å². The van der Waals surface area contributed by atoms with Gasteiger partial charge >= 0.3 is 0 Å². The van der Waals surface area contributed by atoms with Gasteiger partial charge in [0.05, 0.1) is 18.8 Å². The van der Waals surface area contributed by atoms with Crippen molar-refractivity contribution in [1.82, 2.24) is 4.90 Å². The normalized spacial score (nSPS) is 24.3. The van der Waals surface area contributed by atoms with E-state index in [9.17, 15) is 5.11 Å². The Morgan fingerprint density at radius 1 is 1.26 bits per heavy atom. The van der Waals surface area contributed by atoms with Crippen molar-refractivity contribution in [2.24, 2.45) is 5.92 Å². The van der Waals surface area contributed by atoms with E-state index in [0.29, 0.717) is 5.92 Å². The number of hydrogen-bond acceptors (Lipinski definition) is 3. The van der Waals surface area contributed by atoms with Gasteiger partial charge in [0.2, 0.25) is 0 Å². The van der Waals surface area contributed by atoms with Gasteiger partial charge in [-0.1, -0.05) is 46.5 Å². The van der Waals surface area contributed by atoms with E-state index >= 15 is 0 Å². The van der Waals surface area contributed by atoms with Crippen molar-refractivity contribution in [3.05, 3.63) is 0 Å². The Balaban J connectivity index is 2.35. The molecule has 114 valence electrons. The fraction of sp³-hybridized carbons (Fsp3) is 1.00. The third kappa shape index (κ3) is 6.24. The Morgan fingerprint density at radius 3 is 2.68 bits per heavy atom. The molecular formula is C16H33NO2. The summed E-state index contributed by atoms with van der Waals surface area (Å²) in [4.78, 5) is 2.42. The minimum absolute atomic E-state index is 0.0241. The largest absolute Gasteiger partial charge is 0.390 e. The first-order valence-electron chi connectivity index (χ1n) is 8.23. The molecule has 0 aromatic heterocycles. The van der Waals surface area contributed by atoms with E-state index < -0.39 is 0 Å². The number of unbranched alkanes of at least 4 members (excludes halogenated alkanes) is 1. The lowest BCUT2D eigenvalue weighted by Crippen LogP contribution is -2.48. The summed E-state index contributed by atoms with van der Waals surface area (Å²) in [7, 11) is 0. The minimum atomic E-state index is -0.290. The highest BCUT2D eigenvalue weighted by atomic mass is 16.5. The molecule has 0 radical (unpaired) electrons. The van der Waals surface area contributed by atoms with Gasteiger partial charge in [-0.3, -0.25) is 4.90 Å². The molecular weight excluding hydrogens is 238 g/mol. The number of aliphatic hydroxyl groups excluding tert-OH is 1. The monoisotopic (exact) mass is 271 g/mol. The first kappa shape index (κ1) is 16.9. The van der Waals surface area contributed by atoms with Gasteiger partial charge in [-0.25, -0.2) is 0 Å². The number of aliphatic hydroxyl groups is 1. The Bertz CT molecular complexity index is 221. The molecule has 0 bridgehead atoms. The van der Waals surface area contributed by atoms with Crippen LogP contribution in [-0.2, 0) is 4.74 Å². The molecule has 1 aliphatic rings. The van der Waals surface area contributed by atoms with Crippen LogP contribution in [0, 0.1) is 5.92 Å². The number of nitrogens with zero attached hydrogens (tertiary/aromatic N) is 1. The van der Waals surface area contributed by atoms with Crippen LogP contribution in [0.2, 0.25) is 0 Å². The van der Waals surface area contributed by atoms with Crippen LogP contribution in [-0.4, -0.2) is 48.5 Å². The van der Waals surface area contributed by atoms with E-state index in [0.717, 1.165) is 32.7 Å². The fourth-order valence-corrected chi connectivity index (χ4v) is 2.96. The van der Waals surface area contributed by atoms with E-state index in [1.807, 2.05) is 0 Å². The third-order valence-corrected chi connectivity index (χ3v) is 4.26. The molecule has 1 aliphatic heterocycles. The molecule has 0 aromatic carbocycles. The van der Waals surface area contributed by atoms with Gasteiger partial charge in [0, 0.05) is 13.1 Å². The Labute approximate surface area is 119 Å². The summed E-state index contributed by atoms with van der Waals surface area (Å²) >= 11 is 0. The van der Waals surface area contributed by atoms with Gasteiger partial charge in [-0.2, -0.15) is 0 Å². The van der Waals surface area contributed by atoms with E-state index in [2.05, 4.69) is 25.7 Å². The van der Waals surface area contributed by atoms with E-state index in [1.165, 1.54) is 32.1 Å². The lowest BCUT2D eigenvalue weighted by atomic mass is 9.91. The molecule has 0 aromatic rings. The summed E-state index contributed by atoms with van der Waals surface area (Å²) in [6.45, 7) is 10.5. The molecule has 1 rings (SSSR count). The second kappa shape index (κ2) is 9.73. The van der Waals surface area contributed by atoms with E-state index in [4.69, 9.17) is 4.74 Å². The molecule has 1 saturated heterocycles. The summed E-state index contributed by atoms with van der Waals surface area (Å²) in [6, 6.07) is 0. The highest BCUT2D eigenvalue weighted by Gasteiger charge is 2.27. The zero-order chi connectivity index (χ0) is 14.1. The van der Waals surface area contributed by atoms with Gasteiger partial charge in [0.1, 0.15) is 0 Å². The van der Waals surface area contributed by atoms with Crippen LogP contribution in [0.5, 0.6) is 0 Å². The Hall–Kier alpha value is -0.120. The van der Waals surface area contributed by atoms with Crippen LogP contribution in [0.4, 0.5) is 0 Å². The summed E-state index contributed by atoms with van der Waals surface area (Å²) in [6.07, 6.45) is 6.75. The van der Waals surface area contributed by atoms with Crippen LogP contribution < -0.4 is 0 Å². The average molecular weight is 271 g/mol. The molecule has 0 aliphatic carbocycles. The first-order valence-corrected chi connectivity index (χ1v) is 8.23. The molecule has 19 heavy (non-hydrogen) atoms. The summed E-state index contributed by atoms with van der Waals surface area (Å²) in [5.74, 6) is 0.653. The van der Waals surface area contributed by atoms with Crippen LogP contribution in [0.25, 0.3) is 0 Å². The van der Waals surface area contributed by atoms with Gasteiger partial charge in [0.15, 0.2) is 0 Å². The van der Waals surface area contributed by atoms with Crippen molar-refractivity contribution in [2.75, 3.05) is 26.2 Å². The second-order valence-electron chi connectivity index (χ2n) is 5.93. The standard InChI is InChI=1S/C16H33NO2/c1-4-7-8-14(6-3)12-15(18)16-13-17(9-5-2)10-11-19-16/h14-16,18H,4-13H2,1-3H3. The summed E-state index contributed by atoms with van der Waals surface area (Å²) < 4.78 is 5.77. The molecule has 1 fully saturated rings. The van der Waals surface area contributed by atoms with Crippen molar-refractivity contribution in [1.29, 1.82) is 0 Å². The number of hydrogen-bond donors (Lipinski definition) is 1. The molecule has 3 heteroatoms. The maximum absolute atomic E-state index is 10.4. The Kier molecular flexibility index (Phi) is 8.67. The smallest absolute Gasteiger partial charge is 0.0961 e. The van der Waals surface area contributed by atoms with Crippen LogP contribution >= 0.6 is 0 Å². The maximum Gasteiger partial charge on any atom is 0.0961 e. The summed E-state index contributed by atoms with van der Waals surface area (Å²) in [5, 5.41) is 10.4. The number of ether oxygens (including phenoxy) is 1. The molecule has 3 atom stereocenters. The molecule has 0 saturated carbocycles. The summed E-state index contributed by atoms with van der Waals surface area (Å²) in [5.41, 5.74) is 0. The second-order valence-corrected chi connectivity index (χ2v) is 5.93. The van der Waals surface area contributed by atoms with E-state index in [1.54, 1.807) is 0 Å². The van der Waals surface area contributed by atoms with Gasteiger partial charge in [-0.15, -0.1) is 0 Å². The van der Waals surface area contributed by atoms with Crippen molar-refractivity contribution in [3.8, 4) is 0 Å². The molecule has 3 unspecified atom stereocenters. The highest BCUT2D eigenvalue weighted by Crippen LogP contribution is 2.22. The predicted octanol–water partition coefficient (Wildman–Crippen LogP) is 3.06. The van der Waals surface area contributed by atoms with Crippen molar-refractivity contribution in [2.45, 2.75) is 71.5 Å². The lowest BCUT2D eigenvalue weighted by molar-refractivity contribution is -0.0943. The molecule has 3 nitrogen and oxygen atoms in total. The molecule has 1 heterocycles. The quantitative estimate of drug-likeness (QED) is 0.699. The predicted molar refractivity (Wildman–Crippen MR) is 80.4 cm³/mol. The number of morpholine rings is 1. The molecule has 1 N–H and O–H groups in total.